The monoisotopic (exact) mass is 465 g/mol. The molecule has 0 unspecified atom stereocenters. The van der Waals surface area contributed by atoms with Crippen LogP contribution in [-0.2, 0) is 4.79 Å². The van der Waals surface area contributed by atoms with Crippen LogP contribution in [-0.4, -0.2) is 30.6 Å². The second-order valence-corrected chi connectivity index (χ2v) is 7.06. The van der Waals surface area contributed by atoms with Crippen LogP contribution in [0.4, 0.5) is 0 Å². The molecule has 0 aliphatic carbocycles. The standard InChI is InChI=1S/C19H20BrN3O4S/c1-11-5-4-6-15(12(11)2)27-10-17(24)22-23-19(28)21-18(25)13-7-8-16(26-3)14(20)9-13/h4-9H,10H2,1-3H3,(H,22,24)(H2,21,23,25,28). The van der Waals surface area contributed by atoms with Crippen molar-refractivity contribution in [2.45, 2.75) is 13.8 Å². The quantitative estimate of drug-likeness (QED) is 0.464. The van der Waals surface area contributed by atoms with Gasteiger partial charge in [-0.2, -0.15) is 0 Å². The smallest absolute Gasteiger partial charge is 0.276 e. The first-order valence-electron chi connectivity index (χ1n) is 8.24. The number of benzene rings is 2. The maximum atomic E-state index is 12.2. The summed E-state index contributed by atoms with van der Waals surface area (Å²) in [6.07, 6.45) is 0. The van der Waals surface area contributed by atoms with Crippen LogP contribution in [0.3, 0.4) is 0 Å². The summed E-state index contributed by atoms with van der Waals surface area (Å²) in [6.45, 7) is 3.69. The summed E-state index contributed by atoms with van der Waals surface area (Å²) in [5, 5.41) is 2.43. The lowest BCUT2D eigenvalue weighted by atomic mass is 10.1. The second-order valence-electron chi connectivity index (χ2n) is 5.79. The molecule has 0 bridgehead atoms. The summed E-state index contributed by atoms with van der Waals surface area (Å²) in [4.78, 5) is 24.1. The summed E-state index contributed by atoms with van der Waals surface area (Å²) < 4.78 is 11.3. The van der Waals surface area contributed by atoms with Crippen molar-refractivity contribution in [3.63, 3.8) is 0 Å². The molecule has 0 aromatic heterocycles. The van der Waals surface area contributed by atoms with Crippen LogP contribution in [0.2, 0.25) is 0 Å². The number of rotatable bonds is 5. The van der Waals surface area contributed by atoms with Crippen molar-refractivity contribution in [2.75, 3.05) is 13.7 Å². The van der Waals surface area contributed by atoms with E-state index >= 15 is 0 Å². The van der Waals surface area contributed by atoms with E-state index < -0.39 is 11.8 Å². The van der Waals surface area contributed by atoms with Crippen LogP contribution >= 0.6 is 28.1 Å². The lowest BCUT2D eigenvalue weighted by molar-refractivity contribution is -0.123. The first-order chi connectivity index (χ1) is 13.3. The third-order valence-electron chi connectivity index (χ3n) is 3.87. The van der Waals surface area contributed by atoms with E-state index in [1.807, 2.05) is 26.0 Å². The normalized spacial score (nSPS) is 10.0. The lowest BCUT2D eigenvalue weighted by Gasteiger charge is -2.13. The molecule has 2 amide bonds. The number of hydrogen-bond donors (Lipinski definition) is 3. The van der Waals surface area contributed by atoms with Crippen molar-refractivity contribution in [3.05, 3.63) is 57.6 Å². The Kier molecular flexibility index (Phi) is 7.77. The Hall–Kier alpha value is -2.65. The topological polar surface area (TPSA) is 88.7 Å². The van der Waals surface area contributed by atoms with E-state index in [1.165, 1.54) is 7.11 Å². The fourth-order valence-corrected chi connectivity index (χ4v) is 2.88. The van der Waals surface area contributed by atoms with E-state index in [1.54, 1.807) is 24.3 Å². The Bertz CT molecular complexity index is 905. The van der Waals surface area contributed by atoms with E-state index in [-0.39, 0.29) is 11.7 Å². The van der Waals surface area contributed by atoms with Gasteiger partial charge in [0.1, 0.15) is 11.5 Å². The second kappa shape index (κ2) is 10.0. The fraction of sp³-hybridized carbons (Fsp3) is 0.211. The first-order valence-corrected chi connectivity index (χ1v) is 9.44. The predicted molar refractivity (Wildman–Crippen MR) is 113 cm³/mol. The predicted octanol–water partition coefficient (Wildman–Crippen LogP) is 2.79. The van der Waals surface area contributed by atoms with Gasteiger partial charge in [0.15, 0.2) is 11.7 Å². The van der Waals surface area contributed by atoms with Gasteiger partial charge in [0.2, 0.25) is 0 Å². The number of nitrogens with one attached hydrogen (secondary N) is 3. The molecule has 148 valence electrons. The molecular weight excluding hydrogens is 446 g/mol. The van der Waals surface area contributed by atoms with Gasteiger partial charge >= 0.3 is 0 Å². The van der Waals surface area contributed by atoms with Crippen molar-refractivity contribution in [2.24, 2.45) is 0 Å². The zero-order valence-electron chi connectivity index (χ0n) is 15.6. The van der Waals surface area contributed by atoms with Crippen molar-refractivity contribution in [3.8, 4) is 11.5 Å². The molecule has 2 aromatic carbocycles. The van der Waals surface area contributed by atoms with Gasteiger partial charge < -0.3 is 9.47 Å². The Labute approximate surface area is 176 Å². The minimum Gasteiger partial charge on any atom is -0.496 e. The lowest BCUT2D eigenvalue weighted by Crippen LogP contribution is -2.49. The Balaban J connectivity index is 1.80. The molecule has 0 fully saturated rings. The third-order valence-corrected chi connectivity index (χ3v) is 4.69. The number of hydrazine groups is 1. The van der Waals surface area contributed by atoms with E-state index in [0.29, 0.717) is 21.5 Å². The molecule has 0 aliphatic rings. The summed E-state index contributed by atoms with van der Waals surface area (Å²) in [5.41, 5.74) is 7.26. The third kappa shape index (κ3) is 5.93. The van der Waals surface area contributed by atoms with Gasteiger partial charge in [-0.1, -0.05) is 12.1 Å². The summed E-state index contributed by atoms with van der Waals surface area (Å²) in [5.74, 6) is 0.371. The molecule has 7 nitrogen and oxygen atoms in total. The average Bonchev–Trinajstić information content (AvgIpc) is 2.67. The Morgan fingerprint density at radius 2 is 1.86 bits per heavy atom. The highest BCUT2D eigenvalue weighted by Crippen LogP contribution is 2.25. The molecule has 0 aliphatic heterocycles. The van der Waals surface area contributed by atoms with Crippen LogP contribution in [0, 0.1) is 13.8 Å². The average molecular weight is 466 g/mol. The van der Waals surface area contributed by atoms with E-state index in [0.717, 1.165) is 11.1 Å². The summed E-state index contributed by atoms with van der Waals surface area (Å²) in [6, 6.07) is 10.5. The highest BCUT2D eigenvalue weighted by Gasteiger charge is 2.11. The molecule has 28 heavy (non-hydrogen) atoms. The molecule has 9 heteroatoms. The van der Waals surface area contributed by atoms with Crippen LogP contribution in [0.5, 0.6) is 11.5 Å². The van der Waals surface area contributed by atoms with Crippen LogP contribution in [0.15, 0.2) is 40.9 Å². The summed E-state index contributed by atoms with van der Waals surface area (Å²) >= 11 is 8.32. The number of aryl methyl sites for hydroxylation is 1. The van der Waals surface area contributed by atoms with Crippen LogP contribution in [0.25, 0.3) is 0 Å². The van der Waals surface area contributed by atoms with Crippen LogP contribution < -0.4 is 25.6 Å². The zero-order chi connectivity index (χ0) is 20.7. The van der Waals surface area contributed by atoms with Gasteiger partial charge in [0, 0.05) is 5.56 Å². The van der Waals surface area contributed by atoms with Gasteiger partial charge in [0.25, 0.3) is 11.8 Å². The molecule has 2 aromatic rings. The maximum Gasteiger partial charge on any atom is 0.276 e. The van der Waals surface area contributed by atoms with Crippen molar-refractivity contribution < 1.29 is 19.1 Å². The van der Waals surface area contributed by atoms with Crippen molar-refractivity contribution in [1.82, 2.24) is 16.2 Å². The molecule has 0 atom stereocenters. The number of methoxy groups -OCH3 is 1. The zero-order valence-corrected chi connectivity index (χ0v) is 18.0. The van der Waals surface area contributed by atoms with Crippen LogP contribution in [0.1, 0.15) is 21.5 Å². The SMILES string of the molecule is COc1ccc(C(=O)NC(=S)NNC(=O)COc2cccc(C)c2C)cc1Br. The number of carbonyl (C=O) groups excluding carboxylic acids is 2. The highest BCUT2D eigenvalue weighted by molar-refractivity contribution is 9.10. The molecule has 0 saturated heterocycles. The number of amides is 2. The largest absolute Gasteiger partial charge is 0.496 e. The molecule has 0 saturated carbocycles. The van der Waals surface area contributed by atoms with Gasteiger partial charge in [-0.25, -0.2) is 0 Å². The minimum atomic E-state index is -0.440. The summed E-state index contributed by atoms with van der Waals surface area (Å²) in [7, 11) is 1.53. The number of halogens is 1. The van der Waals surface area contributed by atoms with Gasteiger partial charge in [0.05, 0.1) is 11.6 Å². The van der Waals surface area contributed by atoms with Gasteiger partial charge in [-0.15, -0.1) is 0 Å². The number of hydrogen-bond acceptors (Lipinski definition) is 5. The first kappa shape index (κ1) is 21.6. The molecule has 3 N–H and O–H groups in total. The van der Waals surface area contributed by atoms with Gasteiger partial charge in [-0.3, -0.25) is 25.8 Å². The maximum absolute atomic E-state index is 12.2. The molecule has 0 heterocycles. The Morgan fingerprint density at radius 1 is 1.11 bits per heavy atom. The number of ether oxygens (including phenoxy) is 2. The molecular formula is C19H20BrN3O4S. The fourth-order valence-electron chi connectivity index (χ4n) is 2.20. The van der Waals surface area contributed by atoms with E-state index in [4.69, 9.17) is 21.7 Å². The highest BCUT2D eigenvalue weighted by atomic mass is 79.9. The molecule has 0 spiro atoms. The van der Waals surface area contributed by atoms with Crippen molar-refractivity contribution in [1.29, 1.82) is 0 Å². The van der Waals surface area contributed by atoms with E-state index in [2.05, 4.69) is 32.1 Å². The molecule has 0 radical (unpaired) electrons. The van der Waals surface area contributed by atoms with Crippen molar-refractivity contribution >= 4 is 45.1 Å². The molecule has 2 rings (SSSR count). The van der Waals surface area contributed by atoms with E-state index in [9.17, 15) is 9.59 Å². The van der Waals surface area contributed by atoms with Gasteiger partial charge in [-0.05, 0) is 77.4 Å². The number of carbonyl (C=O) groups is 2. The number of thiocarbonyl (C=S) groups is 1. The minimum absolute atomic E-state index is 0.0444. The Morgan fingerprint density at radius 3 is 2.54 bits per heavy atom.